The summed E-state index contributed by atoms with van der Waals surface area (Å²) in [5.74, 6) is -0.898. The third kappa shape index (κ3) is 4.31. The molecule has 1 atom stereocenters. The molecule has 3 aromatic rings. The van der Waals surface area contributed by atoms with Crippen LogP contribution in [0, 0.1) is 0 Å². The molecule has 0 saturated carbocycles. The number of anilines is 2. The van der Waals surface area contributed by atoms with Crippen LogP contribution in [-0.2, 0) is 16.1 Å². The molecular weight excluding hydrogens is 482 g/mol. The van der Waals surface area contributed by atoms with Gasteiger partial charge in [-0.3, -0.25) is 24.1 Å². The van der Waals surface area contributed by atoms with Crippen molar-refractivity contribution < 1.29 is 23.9 Å². The van der Waals surface area contributed by atoms with Crippen LogP contribution < -0.4 is 15.0 Å². The van der Waals surface area contributed by atoms with E-state index >= 15 is 0 Å². The van der Waals surface area contributed by atoms with Crippen molar-refractivity contribution in [2.75, 3.05) is 16.8 Å². The van der Waals surface area contributed by atoms with Gasteiger partial charge in [0.25, 0.3) is 17.7 Å². The molecule has 4 amide bonds. The third-order valence-electron chi connectivity index (χ3n) is 6.18. The number of rotatable bonds is 6. The van der Waals surface area contributed by atoms with Crippen molar-refractivity contribution in [2.24, 2.45) is 0 Å². The number of halogens is 1. The van der Waals surface area contributed by atoms with E-state index in [9.17, 15) is 19.2 Å². The van der Waals surface area contributed by atoms with Gasteiger partial charge >= 0.3 is 0 Å². The molecule has 0 spiro atoms. The van der Waals surface area contributed by atoms with Crippen molar-refractivity contribution in [3.63, 3.8) is 0 Å². The zero-order valence-corrected chi connectivity index (χ0v) is 20.1. The van der Waals surface area contributed by atoms with Crippen LogP contribution >= 0.6 is 11.6 Å². The Bertz CT molecular complexity index is 1370. The molecule has 0 fully saturated rings. The Kier molecular flexibility index (Phi) is 6.20. The lowest BCUT2D eigenvalue weighted by atomic mass is 10.1. The molecule has 8 nitrogen and oxygen atoms in total. The number of hydrogen-bond acceptors (Lipinski definition) is 5. The lowest BCUT2D eigenvalue weighted by molar-refractivity contribution is -0.125. The number of imide groups is 1. The molecule has 2 aliphatic rings. The van der Waals surface area contributed by atoms with E-state index in [4.69, 9.17) is 16.3 Å². The van der Waals surface area contributed by atoms with Crippen LogP contribution in [0.15, 0.2) is 66.7 Å². The average molecular weight is 504 g/mol. The number of carbonyl (C=O) groups excluding carboxylic acids is 4. The van der Waals surface area contributed by atoms with Crippen LogP contribution in [0.1, 0.15) is 39.6 Å². The fourth-order valence-electron chi connectivity index (χ4n) is 4.32. The van der Waals surface area contributed by atoms with Gasteiger partial charge in [-0.2, -0.15) is 0 Å². The molecule has 0 bridgehead atoms. The molecule has 9 heteroatoms. The summed E-state index contributed by atoms with van der Waals surface area (Å²) in [7, 11) is 0. The molecule has 1 unspecified atom stereocenters. The normalized spacial score (nSPS) is 16.5. The second kappa shape index (κ2) is 9.47. The molecule has 1 N–H and O–H groups in total. The first-order valence-corrected chi connectivity index (χ1v) is 11.8. The van der Waals surface area contributed by atoms with E-state index in [1.165, 1.54) is 0 Å². The van der Waals surface area contributed by atoms with Crippen molar-refractivity contribution in [3.05, 3.63) is 88.4 Å². The molecule has 0 aromatic heterocycles. The number of hydrogen-bond donors (Lipinski definition) is 1. The van der Waals surface area contributed by atoms with Crippen LogP contribution in [0.2, 0.25) is 5.02 Å². The third-order valence-corrected chi connectivity index (χ3v) is 6.55. The topological polar surface area (TPSA) is 96.0 Å². The zero-order valence-electron chi connectivity index (χ0n) is 19.4. The summed E-state index contributed by atoms with van der Waals surface area (Å²) in [6.07, 6.45) is -0.738. The lowest BCUT2D eigenvalue weighted by Gasteiger charge is -2.33. The lowest BCUT2D eigenvalue weighted by Crippen LogP contribution is -2.44. The Labute approximate surface area is 212 Å². The first-order chi connectivity index (χ1) is 17.3. The second-order valence-corrected chi connectivity index (χ2v) is 8.97. The summed E-state index contributed by atoms with van der Waals surface area (Å²) in [5.41, 5.74) is 2.43. The average Bonchev–Trinajstić information content (AvgIpc) is 3.11. The standard InChI is InChI=1S/C27H22ClN3O5/c1-16-25(33)31(15-17-6-2-5-9-21(17)28)22-14-18(10-11-23(22)36-16)29-24(32)12-13-30-26(34)19-7-3-4-8-20(19)27(30)35/h2-11,14,16H,12-13,15H2,1H3,(H,29,32). The number of fused-ring (bicyclic) bond motifs is 2. The molecule has 0 radical (unpaired) electrons. The Balaban J connectivity index is 1.30. The summed E-state index contributed by atoms with van der Waals surface area (Å²) in [6.45, 7) is 1.89. The van der Waals surface area contributed by atoms with Crippen LogP contribution in [-0.4, -0.2) is 41.2 Å². The van der Waals surface area contributed by atoms with Crippen molar-refractivity contribution in [1.29, 1.82) is 0 Å². The fraction of sp³-hybridized carbons (Fsp3) is 0.185. The maximum Gasteiger partial charge on any atom is 0.268 e. The second-order valence-electron chi connectivity index (χ2n) is 8.56. The van der Waals surface area contributed by atoms with Crippen molar-refractivity contribution in [2.45, 2.75) is 26.0 Å². The fourth-order valence-corrected chi connectivity index (χ4v) is 4.52. The van der Waals surface area contributed by atoms with E-state index in [0.29, 0.717) is 33.3 Å². The first kappa shape index (κ1) is 23.6. The summed E-state index contributed by atoms with van der Waals surface area (Å²) in [6, 6.07) is 18.9. The van der Waals surface area contributed by atoms with Gasteiger partial charge in [-0.1, -0.05) is 41.9 Å². The minimum absolute atomic E-state index is 0.0408. The van der Waals surface area contributed by atoms with Gasteiger partial charge in [0.15, 0.2) is 6.10 Å². The predicted molar refractivity (Wildman–Crippen MR) is 134 cm³/mol. The quantitative estimate of drug-likeness (QED) is 0.506. The Morgan fingerprint density at radius 2 is 1.61 bits per heavy atom. The van der Waals surface area contributed by atoms with Crippen LogP contribution in [0.3, 0.4) is 0 Å². The highest BCUT2D eigenvalue weighted by molar-refractivity contribution is 6.31. The maximum atomic E-state index is 12.9. The highest BCUT2D eigenvalue weighted by Crippen LogP contribution is 2.38. The van der Waals surface area contributed by atoms with Gasteiger partial charge in [0.2, 0.25) is 5.91 Å². The number of nitrogens with zero attached hydrogens (tertiary/aromatic N) is 2. The summed E-state index contributed by atoms with van der Waals surface area (Å²) in [5, 5.41) is 3.33. The molecule has 36 heavy (non-hydrogen) atoms. The number of ether oxygens (including phenoxy) is 1. The van der Waals surface area contributed by atoms with Gasteiger partial charge in [0.1, 0.15) is 5.75 Å². The Hall–Kier alpha value is -4.17. The monoisotopic (exact) mass is 503 g/mol. The van der Waals surface area contributed by atoms with Crippen LogP contribution in [0.4, 0.5) is 11.4 Å². The molecule has 3 aromatic carbocycles. The highest BCUT2D eigenvalue weighted by atomic mass is 35.5. The molecule has 2 heterocycles. The van der Waals surface area contributed by atoms with E-state index in [-0.39, 0.29) is 31.3 Å². The van der Waals surface area contributed by atoms with Gasteiger partial charge in [0.05, 0.1) is 23.4 Å². The smallest absolute Gasteiger partial charge is 0.268 e. The van der Waals surface area contributed by atoms with E-state index < -0.39 is 17.9 Å². The van der Waals surface area contributed by atoms with Crippen LogP contribution in [0.5, 0.6) is 5.75 Å². The Morgan fingerprint density at radius 3 is 2.31 bits per heavy atom. The first-order valence-electron chi connectivity index (χ1n) is 11.4. The predicted octanol–water partition coefficient (Wildman–Crippen LogP) is 4.28. The number of nitrogens with one attached hydrogen (secondary N) is 1. The van der Waals surface area contributed by atoms with E-state index in [1.54, 1.807) is 60.4 Å². The molecule has 182 valence electrons. The minimum atomic E-state index is -0.667. The molecule has 0 aliphatic carbocycles. The highest BCUT2D eigenvalue weighted by Gasteiger charge is 2.35. The van der Waals surface area contributed by atoms with Crippen LogP contribution in [0.25, 0.3) is 0 Å². The van der Waals surface area contributed by atoms with Crippen molar-refractivity contribution in [1.82, 2.24) is 4.90 Å². The largest absolute Gasteiger partial charge is 0.479 e. The van der Waals surface area contributed by atoms with Gasteiger partial charge in [-0.25, -0.2) is 0 Å². The molecular formula is C27H22ClN3O5. The summed E-state index contributed by atoms with van der Waals surface area (Å²) in [4.78, 5) is 53.3. The number of carbonyl (C=O) groups is 4. The number of amides is 4. The van der Waals surface area contributed by atoms with Crippen molar-refractivity contribution in [3.8, 4) is 5.75 Å². The van der Waals surface area contributed by atoms with Gasteiger partial charge in [0, 0.05) is 23.7 Å². The van der Waals surface area contributed by atoms with Gasteiger partial charge in [-0.05, 0) is 48.9 Å². The molecule has 5 rings (SSSR count). The molecule has 0 saturated heterocycles. The maximum absolute atomic E-state index is 12.9. The van der Waals surface area contributed by atoms with Crippen molar-refractivity contribution >= 4 is 46.6 Å². The van der Waals surface area contributed by atoms with Gasteiger partial charge < -0.3 is 15.0 Å². The number of benzene rings is 3. The van der Waals surface area contributed by atoms with Gasteiger partial charge in [-0.15, -0.1) is 0 Å². The Morgan fingerprint density at radius 1 is 0.944 bits per heavy atom. The summed E-state index contributed by atoms with van der Waals surface area (Å²) >= 11 is 6.32. The van der Waals surface area contributed by atoms with E-state index in [2.05, 4.69) is 5.32 Å². The molecule has 2 aliphatic heterocycles. The minimum Gasteiger partial charge on any atom is -0.479 e. The summed E-state index contributed by atoms with van der Waals surface area (Å²) < 4.78 is 5.75. The van der Waals surface area contributed by atoms with E-state index in [1.807, 2.05) is 18.2 Å². The SMILES string of the molecule is CC1Oc2ccc(NC(=O)CCN3C(=O)c4ccccc4C3=O)cc2N(Cc2ccccc2Cl)C1=O. The van der Waals surface area contributed by atoms with E-state index in [0.717, 1.165) is 10.5 Å². The zero-order chi connectivity index (χ0) is 25.4.